The Hall–Kier alpha value is -0.940. The lowest BCUT2D eigenvalue weighted by molar-refractivity contribution is -0.170. The first-order valence-electron chi connectivity index (χ1n) is 6.70. The summed E-state index contributed by atoms with van der Waals surface area (Å²) in [6.07, 6.45) is -5.29. The summed E-state index contributed by atoms with van der Waals surface area (Å²) in [5.74, 6) is -8.38. The maximum absolute atomic E-state index is 13.1. The smallest absolute Gasteiger partial charge is 0.363 e. The van der Waals surface area contributed by atoms with E-state index in [1.807, 2.05) is 0 Å². The van der Waals surface area contributed by atoms with Crippen LogP contribution < -0.4 is 0 Å². The lowest BCUT2D eigenvalue weighted by Crippen LogP contribution is -2.46. The minimum absolute atomic E-state index is 0.738. The number of hydrogen-bond acceptors (Lipinski definition) is 6. The van der Waals surface area contributed by atoms with Gasteiger partial charge in [-0.15, -0.1) is 0 Å². The van der Waals surface area contributed by atoms with Crippen molar-refractivity contribution in [2.45, 2.75) is 41.6 Å². The molecule has 1 N–H and O–H groups in total. The third-order valence-electron chi connectivity index (χ3n) is 4.28. The van der Waals surface area contributed by atoms with Crippen LogP contribution in [0.2, 0.25) is 0 Å². The second-order valence-electron chi connectivity index (χ2n) is 5.63. The predicted octanol–water partition coefficient (Wildman–Crippen LogP) is 0.842. The van der Waals surface area contributed by atoms with Gasteiger partial charge in [0.25, 0.3) is 0 Å². The Morgan fingerprint density at radius 3 is 2.52 bits per heavy atom. The van der Waals surface area contributed by atoms with Crippen LogP contribution >= 0.6 is 15.9 Å². The number of rotatable bonds is 5. The van der Waals surface area contributed by atoms with Gasteiger partial charge < -0.3 is 19.3 Å². The van der Waals surface area contributed by atoms with Crippen LogP contribution in [0.1, 0.15) is 6.42 Å². The van der Waals surface area contributed by atoms with Gasteiger partial charge in [-0.3, -0.25) is 9.59 Å². The molecule has 6 nitrogen and oxygen atoms in total. The highest BCUT2D eigenvalue weighted by molar-refractivity contribution is 9.10. The number of aliphatic hydroxyl groups excluding tert-OH is 1. The molecule has 23 heavy (non-hydrogen) atoms. The van der Waals surface area contributed by atoms with Crippen molar-refractivity contribution in [1.29, 1.82) is 0 Å². The van der Waals surface area contributed by atoms with E-state index in [4.69, 9.17) is 9.47 Å². The van der Waals surface area contributed by atoms with Crippen molar-refractivity contribution in [2.24, 2.45) is 11.8 Å². The summed E-state index contributed by atoms with van der Waals surface area (Å²) in [6, 6.07) is 0. The standard InChI is InChI=1S/C12H11BrF4O6/c13-12(16,17)11(14,15)1-2-21-9(19)3-4-7-8(23-10(4)20)5(18)6(3)22-7/h3-8,18H,1-2H2. The average molecular weight is 407 g/mol. The maximum atomic E-state index is 13.1. The summed E-state index contributed by atoms with van der Waals surface area (Å²) < 4.78 is 66.1. The Morgan fingerprint density at radius 2 is 1.91 bits per heavy atom. The number of carbonyl (C=O) groups excluding carboxylic acids is 2. The fraction of sp³-hybridized carbons (Fsp3) is 0.833. The fourth-order valence-corrected chi connectivity index (χ4v) is 3.34. The highest BCUT2D eigenvalue weighted by Gasteiger charge is 2.70. The van der Waals surface area contributed by atoms with E-state index in [0.29, 0.717) is 0 Å². The number of hydrogen-bond donors (Lipinski definition) is 1. The summed E-state index contributed by atoms with van der Waals surface area (Å²) in [5.41, 5.74) is 0. The van der Waals surface area contributed by atoms with Crippen molar-refractivity contribution < 1.29 is 46.5 Å². The summed E-state index contributed by atoms with van der Waals surface area (Å²) in [4.78, 5) is 19.2. The first kappa shape index (κ1) is 16.9. The lowest BCUT2D eigenvalue weighted by atomic mass is 9.78. The van der Waals surface area contributed by atoms with Crippen molar-refractivity contribution in [3.05, 3.63) is 0 Å². The van der Waals surface area contributed by atoms with Crippen molar-refractivity contribution >= 4 is 27.9 Å². The SMILES string of the molecule is O=C(OCCC(F)(F)C(F)(F)Br)C1C2OC3C(OC(=O)C31)C2O. The van der Waals surface area contributed by atoms with Crippen LogP contribution in [0, 0.1) is 11.8 Å². The molecule has 3 rings (SSSR count). The average Bonchev–Trinajstić information content (AvgIpc) is 3.01. The topological polar surface area (TPSA) is 82.1 Å². The zero-order chi connectivity index (χ0) is 17.2. The van der Waals surface area contributed by atoms with Gasteiger partial charge in [0.15, 0.2) is 6.10 Å². The van der Waals surface area contributed by atoms with Gasteiger partial charge in [-0.1, -0.05) is 0 Å². The van der Waals surface area contributed by atoms with Crippen LogP contribution in [-0.4, -0.2) is 58.8 Å². The molecule has 0 amide bonds. The van der Waals surface area contributed by atoms with Gasteiger partial charge in [-0.05, 0) is 15.9 Å². The molecular formula is C12H11BrF4O6. The number of fused-ring (bicyclic) bond motifs is 1. The monoisotopic (exact) mass is 406 g/mol. The van der Waals surface area contributed by atoms with Gasteiger partial charge in [0, 0.05) is 0 Å². The Bertz CT molecular complexity index is 538. The van der Waals surface area contributed by atoms with E-state index in [1.54, 1.807) is 15.9 Å². The number of esters is 2. The molecule has 3 saturated heterocycles. The molecule has 0 aromatic carbocycles. The second-order valence-corrected chi connectivity index (χ2v) is 6.62. The molecule has 3 heterocycles. The van der Waals surface area contributed by atoms with Crippen molar-refractivity contribution in [2.75, 3.05) is 6.61 Å². The fourth-order valence-electron chi connectivity index (χ4n) is 3.14. The Morgan fingerprint density at radius 1 is 1.26 bits per heavy atom. The van der Waals surface area contributed by atoms with E-state index in [0.717, 1.165) is 0 Å². The van der Waals surface area contributed by atoms with Gasteiger partial charge in [0.1, 0.15) is 30.1 Å². The molecular weight excluding hydrogens is 396 g/mol. The normalized spacial score (nSPS) is 38.8. The predicted molar refractivity (Wildman–Crippen MR) is 65.9 cm³/mol. The van der Waals surface area contributed by atoms with E-state index in [9.17, 15) is 32.3 Å². The second kappa shape index (κ2) is 5.28. The molecule has 0 saturated carbocycles. The summed E-state index contributed by atoms with van der Waals surface area (Å²) >= 11 is 1.56. The van der Waals surface area contributed by atoms with Crippen LogP contribution in [0.15, 0.2) is 0 Å². The molecule has 3 aliphatic rings. The number of halogens is 5. The van der Waals surface area contributed by atoms with Gasteiger partial charge >= 0.3 is 22.7 Å². The summed E-state index contributed by atoms with van der Waals surface area (Å²) in [5, 5.41) is 9.87. The molecule has 130 valence electrons. The molecule has 0 radical (unpaired) electrons. The molecule has 6 atom stereocenters. The molecule has 3 aliphatic heterocycles. The molecule has 0 spiro atoms. The number of ether oxygens (including phenoxy) is 3. The number of carbonyl (C=O) groups is 2. The minimum atomic E-state index is -4.43. The summed E-state index contributed by atoms with van der Waals surface area (Å²) in [6.45, 7) is -0.970. The molecule has 11 heteroatoms. The zero-order valence-corrected chi connectivity index (χ0v) is 12.8. The third-order valence-corrected chi connectivity index (χ3v) is 4.86. The molecule has 2 bridgehead atoms. The van der Waals surface area contributed by atoms with Crippen molar-refractivity contribution in [3.63, 3.8) is 0 Å². The first-order valence-corrected chi connectivity index (χ1v) is 7.49. The van der Waals surface area contributed by atoms with Gasteiger partial charge in [-0.2, -0.15) is 17.6 Å². The summed E-state index contributed by atoms with van der Waals surface area (Å²) in [7, 11) is 0. The van der Waals surface area contributed by atoms with Gasteiger partial charge in [0.2, 0.25) is 0 Å². The molecule has 0 aromatic heterocycles. The van der Waals surface area contributed by atoms with Crippen LogP contribution in [0.3, 0.4) is 0 Å². The maximum Gasteiger partial charge on any atom is 0.363 e. The number of alkyl halides is 5. The van der Waals surface area contributed by atoms with E-state index in [-0.39, 0.29) is 0 Å². The van der Waals surface area contributed by atoms with E-state index >= 15 is 0 Å². The Kier molecular flexibility index (Phi) is 3.88. The third kappa shape index (κ3) is 2.52. The van der Waals surface area contributed by atoms with Crippen LogP contribution in [-0.2, 0) is 23.8 Å². The highest BCUT2D eigenvalue weighted by Crippen LogP contribution is 2.50. The van der Waals surface area contributed by atoms with Crippen LogP contribution in [0.5, 0.6) is 0 Å². The first-order chi connectivity index (χ1) is 10.5. The molecule has 3 fully saturated rings. The van der Waals surface area contributed by atoms with Crippen molar-refractivity contribution in [1.82, 2.24) is 0 Å². The molecule has 0 aliphatic carbocycles. The van der Waals surface area contributed by atoms with Crippen LogP contribution in [0.4, 0.5) is 17.6 Å². The highest BCUT2D eigenvalue weighted by atomic mass is 79.9. The van der Waals surface area contributed by atoms with Gasteiger partial charge in [0.05, 0.1) is 13.0 Å². The van der Waals surface area contributed by atoms with Crippen LogP contribution in [0.25, 0.3) is 0 Å². The Balaban J connectivity index is 1.61. The Labute approximate surface area is 135 Å². The van der Waals surface area contributed by atoms with Gasteiger partial charge in [-0.25, -0.2) is 0 Å². The van der Waals surface area contributed by atoms with E-state index in [1.165, 1.54) is 0 Å². The van der Waals surface area contributed by atoms with E-state index < -0.39 is 72.0 Å². The minimum Gasteiger partial charge on any atom is -0.465 e. The quantitative estimate of drug-likeness (QED) is 0.414. The molecule has 6 unspecified atom stereocenters. The van der Waals surface area contributed by atoms with E-state index in [2.05, 4.69) is 4.74 Å². The lowest BCUT2D eigenvalue weighted by Gasteiger charge is -2.24. The zero-order valence-electron chi connectivity index (χ0n) is 11.3. The largest absolute Gasteiger partial charge is 0.465 e. The van der Waals surface area contributed by atoms with Crippen molar-refractivity contribution in [3.8, 4) is 0 Å². The number of aliphatic hydroxyl groups is 1. The molecule has 0 aromatic rings.